The van der Waals surface area contributed by atoms with E-state index < -0.39 is 5.25 Å². The van der Waals surface area contributed by atoms with Crippen LogP contribution in [0.4, 0.5) is 5.69 Å². The maximum absolute atomic E-state index is 13.3. The lowest BCUT2D eigenvalue weighted by atomic mass is 9.83. The van der Waals surface area contributed by atoms with E-state index in [1.54, 1.807) is 6.07 Å². The Morgan fingerprint density at radius 3 is 2.42 bits per heavy atom. The number of pyridine rings is 1. The molecule has 33 heavy (non-hydrogen) atoms. The zero-order valence-electron chi connectivity index (χ0n) is 18.1. The van der Waals surface area contributed by atoms with Crippen LogP contribution in [0.5, 0.6) is 0 Å². The lowest BCUT2D eigenvalue weighted by Crippen LogP contribution is -2.48. The van der Waals surface area contributed by atoms with Crippen molar-refractivity contribution < 1.29 is 4.79 Å². The van der Waals surface area contributed by atoms with E-state index >= 15 is 0 Å². The highest BCUT2D eigenvalue weighted by Gasteiger charge is 2.36. The molecule has 5 rings (SSSR count). The number of nitrogens with zero attached hydrogens (tertiary/aromatic N) is 2. The summed E-state index contributed by atoms with van der Waals surface area (Å²) in [5.74, 6) is 0.565. The maximum atomic E-state index is 13.3. The molecule has 0 spiro atoms. The highest BCUT2D eigenvalue weighted by atomic mass is 32.2. The lowest BCUT2D eigenvalue weighted by Gasteiger charge is -2.43. The van der Waals surface area contributed by atoms with Gasteiger partial charge in [-0.05, 0) is 36.1 Å². The average molecular weight is 476 g/mol. The minimum atomic E-state index is -0.449. The third kappa shape index (κ3) is 4.75. The van der Waals surface area contributed by atoms with Crippen LogP contribution in [-0.4, -0.2) is 32.8 Å². The Morgan fingerprint density at radius 1 is 0.939 bits per heavy atom. The van der Waals surface area contributed by atoms with Gasteiger partial charge in [0.25, 0.3) is 5.56 Å². The van der Waals surface area contributed by atoms with E-state index in [2.05, 4.69) is 16.3 Å². The first-order valence-corrected chi connectivity index (χ1v) is 12.4. The molecule has 1 amide bonds. The number of carbonyl (C=O) groups is 1. The summed E-state index contributed by atoms with van der Waals surface area (Å²) in [7, 11) is 0. The standard InChI is InChI=1S/C26H25N3O2S2/c30-23-13-7-12-22-20-14-18(16-29(22)23)15-28(17-20)26(32)33-24(19-8-3-1-4-9-19)25(31)27-21-10-5-2-6-11-21/h1-13,18,20,24H,14-17H2,(H,27,31)/t18-,20-,24+/m0/s1. The van der Waals surface area contributed by atoms with E-state index in [4.69, 9.17) is 12.2 Å². The number of thiocarbonyl (C=S) groups is 1. The molecule has 168 valence electrons. The zero-order chi connectivity index (χ0) is 22.8. The molecule has 7 heteroatoms. The fourth-order valence-corrected chi connectivity index (χ4v) is 6.25. The van der Waals surface area contributed by atoms with Crippen LogP contribution in [-0.2, 0) is 11.3 Å². The van der Waals surface area contributed by atoms with Gasteiger partial charge in [-0.15, -0.1) is 0 Å². The first-order valence-electron chi connectivity index (χ1n) is 11.1. The summed E-state index contributed by atoms with van der Waals surface area (Å²) >= 11 is 7.31. The van der Waals surface area contributed by atoms with Crippen LogP contribution in [0, 0.1) is 5.92 Å². The number of aromatic nitrogens is 1. The predicted molar refractivity (Wildman–Crippen MR) is 138 cm³/mol. The van der Waals surface area contributed by atoms with Gasteiger partial charge in [0.1, 0.15) is 9.57 Å². The second kappa shape index (κ2) is 9.53. The fraction of sp³-hybridized carbons (Fsp3) is 0.269. The Labute approximate surface area is 202 Å². The van der Waals surface area contributed by atoms with Gasteiger partial charge in [0, 0.05) is 43.0 Å². The molecule has 1 aromatic heterocycles. The largest absolute Gasteiger partial charge is 0.356 e. The lowest BCUT2D eigenvalue weighted by molar-refractivity contribution is -0.115. The summed E-state index contributed by atoms with van der Waals surface area (Å²) in [6.07, 6.45) is 1.07. The summed E-state index contributed by atoms with van der Waals surface area (Å²) in [6, 6.07) is 24.8. The number of para-hydroxylation sites is 1. The fourth-order valence-electron chi connectivity index (χ4n) is 4.85. The van der Waals surface area contributed by atoms with Crippen LogP contribution < -0.4 is 10.9 Å². The molecule has 1 saturated heterocycles. The molecule has 2 aliphatic heterocycles. The van der Waals surface area contributed by atoms with Crippen molar-refractivity contribution in [1.29, 1.82) is 0 Å². The quantitative estimate of drug-likeness (QED) is 0.556. The van der Waals surface area contributed by atoms with Crippen molar-refractivity contribution in [2.75, 3.05) is 18.4 Å². The van der Waals surface area contributed by atoms with Gasteiger partial charge in [-0.1, -0.05) is 78.6 Å². The molecular weight excluding hydrogens is 450 g/mol. The van der Waals surface area contributed by atoms with Gasteiger partial charge in [0.2, 0.25) is 5.91 Å². The molecule has 1 N–H and O–H groups in total. The molecule has 2 bridgehead atoms. The van der Waals surface area contributed by atoms with Crippen molar-refractivity contribution in [3.05, 3.63) is 100 Å². The minimum Gasteiger partial charge on any atom is -0.356 e. The SMILES string of the molecule is O=C(Nc1ccccc1)[C@H](SC(=S)N1C[C@@H]2C[C@@H](C1)c1cccc(=O)n1C2)c1ccccc1. The molecule has 0 unspecified atom stereocenters. The Balaban J connectivity index is 1.35. The highest BCUT2D eigenvalue weighted by Crippen LogP contribution is 2.38. The summed E-state index contributed by atoms with van der Waals surface area (Å²) < 4.78 is 2.65. The Kier molecular flexibility index (Phi) is 6.33. The number of anilines is 1. The van der Waals surface area contributed by atoms with Crippen molar-refractivity contribution in [3.8, 4) is 0 Å². The van der Waals surface area contributed by atoms with Crippen molar-refractivity contribution in [3.63, 3.8) is 0 Å². The molecule has 3 aromatic rings. The molecule has 3 heterocycles. The number of piperidine rings is 1. The topological polar surface area (TPSA) is 54.3 Å². The monoisotopic (exact) mass is 475 g/mol. The molecule has 2 aromatic carbocycles. The Morgan fingerprint density at radius 2 is 1.67 bits per heavy atom. The van der Waals surface area contributed by atoms with Crippen molar-refractivity contribution >= 4 is 39.9 Å². The van der Waals surface area contributed by atoms with Gasteiger partial charge in [-0.3, -0.25) is 9.59 Å². The molecule has 3 atom stereocenters. The Bertz CT molecular complexity index is 1210. The van der Waals surface area contributed by atoms with Crippen LogP contribution in [0.25, 0.3) is 0 Å². The number of hydrogen-bond acceptors (Lipinski definition) is 4. The number of fused-ring (bicyclic) bond motifs is 4. The number of hydrogen-bond donors (Lipinski definition) is 1. The van der Waals surface area contributed by atoms with Crippen LogP contribution >= 0.6 is 24.0 Å². The predicted octanol–water partition coefficient (Wildman–Crippen LogP) is 4.67. The summed E-state index contributed by atoms with van der Waals surface area (Å²) in [4.78, 5) is 27.8. The molecule has 2 aliphatic rings. The molecule has 0 aliphatic carbocycles. The maximum Gasteiger partial charge on any atom is 0.250 e. The van der Waals surface area contributed by atoms with Crippen LogP contribution in [0.15, 0.2) is 83.7 Å². The van der Waals surface area contributed by atoms with Gasteiger partial charge in [0.05, 0.1) is 0 Å². The molecular formula is C26H25N3O2S2. The van der Waals surface area contributed by atoms with Gasteiger partial charge >= 0.3 is 0 Å². The zero-order valence-corrected chi connectivity index (χ0v) is 19.7. The normalized spacial score (nSPS) is 19.9. The minimum absolute atomic E-state index is 0.0781. The number of benzene rings is 2. The number of amides is 1. The van der Waals surface area contributed by atoms with Gasteiger partial charge in [-0.2, -0.15) is 0 Å². The van der Waals surface area contributed by atoms with Gasteiger partial charge in [-0.25, -0.2) is 0 Å². The van der Waals surface area contributed by atoms with E-state index in [-0.39, 0.29) is 17.4 Å². The molecule has 0 saturated carbocycles. The van der Waals surface area contributed by atoms with E-state index in [0.29, 0.717) is 5.92 Å². The second-order valence-electron chi connectivity index (χ2n) is 8.63. The van der Waals surface area contributed by atoms with Crippen LogP contribution in [0.1, 0.15) is 28.8 Å². The van der Waals surface area contributed by atoms with E-state index in [1.807, 2.05) is 71.3 Å². The van der Waals surface area contributed by atoms with Crippen molar-refractivity contribution in [1.82, 2.24) is 9.47 Å². The Hall–Kier alpha value is -2.90. The summed E-state index contributed by atoms with van der Waals surface area (Å²) in [5, 5.41) is 2.58. The number of likely N-dealkylation sites (tertiary alicyclic amines) is 1. The smallest absolute Gasteiger partial charge is 0.250 e. The molecule has 0 radical (unpaired) electrons. The van der Waals surface area contributed by atoms with E-state index in [1.165, 1.54) is 11.8 Å². The summed E-state index contributed by atoms with van der Waals surface area (Å²) in [5.41, 5.74) is 2.86. The average Bonchev–Trinajstić information content (AvgIpc) is 2.84. The number of rotatable bonds is 4. The van der Waals surface area contributed by atoms with Crippen LogP contribution in [0.3, 0.4) is 0 Å². The first kappa shape index (κ1) is 21.9. The third-order valence-corrected chi connectivity index (χ3v) is 8.07. The van der Waals surface area contributed by atoms with Gasteiger partial charge < -0.3 is 14.8 Å². The van der Waals surface area contributed by atoms with Crippen molar-refractivity contribution in [2.45, 2.75) is 24.1 Å². The van der Waals surface area contributed by atoms with E-state index in [9.17, 15) is 9.59 Å². The summed E-state index contributed by atoms with van der Waals surface area (Å²) in [6.45, 7) is 2.31. The number of carbonyl (C=O) groups excluding carboxylic acids is 1. The third-order valence-electron chi connectivity index (χ3n) is 6.34. The second-order valence-corrected chi connectivity index (χ2v) is 10.4. The molecule has 5 nitrogen and oxygen atoms in total. The van der Waals surface area contributed by atoms with Crippen LogP contribution in [0.2, 0.25) is 0 Å². The first-order chi connectivity index (χ1) is 16.1. The highest BCUT2D eigenvalue weighted by molar-refractivity contribution is 8.23. The van der Waals surface area contributed by atoms with E-state index in [0.717, 1.165) is 47.3 Å². The number of thioether (sulfide) groups is 1. The number of nitrogens with one attached hydrogen (secondary N) is 1. The van der Waals surface area contributed by atoms with Gasteiger partial charge in [0.15, 0.2) is 0 Å². The van der Waals surface area contributed by atoms with Crippen molar-refractivity contribution in [2.24, 2.45) is 5.92 Å². The molecule has 1 fully saturated rings.